The van der Waals surface area contributed by atoms with E-state index >= 15 is 0 Å². The Labute approximate surface area is 130 Å². The number of aldehydes is 1. The molecule has 124 valence electrons. The first-order chi connectivity index (χ1) is 10.4. The van der Waals surface area contributed by atoms with E-state index in [0.717, 1.165) is 25.7 Å². The van der Waals surface area contributed by atoms with Crippen molar-refractivity contribution in [2.75, 3.05) is 13.2 Å². The third-order valence-electron chi connectivity index (χ3n) is 4.32. The molecule has 1 rings (SSSR count). The zero-order chi connectivity index (χ0) is 15.2. The molecule has 21 heavy (non-hydrogen) atoms. The molecule has 1 saturated carbocycles. The zero-order valence-electron chi connectivity index (χ0n) is 13.9. The summed E-state index contributed by atoms with van der Waals surface area (Å²) in [5, 5.41) is 0. The Morgan fingerprint density at radius 3 is 2.33 bits per heavy atom. The lowest BCUT2D eigenvalue weighted by molar-refractivity contribution is -0.118. The van der Waals surface area contributed by atoms with Crippen LogP contribution < -0.4 is 0 Å². The first kappa shape index (κ1) is 18.6. The van der Waals surface area contributed by atoms with Crippen LogP contribution in [0.25, 0.3) is 0 Å². The molecule has 0 radical (unpaired) electrons. The van der Waals surface area contributed by atoms with E-state index in [9.17, 15) is 4.79 Å². The lowest BCUT2D eigenvalue weighted by Gasteiger charge is -2.21. The van der Waals surface area contributed by atoms with Gasteiger partial charge in [-0.25, -0.2) is 0 Å². The average Bonchev–Trinajstić information content (AvgIpc) is 2.53. The monoisotopic (exact) mass is 298 g/mol. The van der Waals surface area contributed by atoms with E-state index in [1.807, 2.05) is 6.92 Å². The number of hydrogen-bond acceptors (Lipinski definition) is 3. The maximum atomic E-state index is 10.7. The van der Waals surface area contributed by atoms with E-state index < -0.39 is 0 Å². The third kappa shape index (κ3) is 10.0. The molecule has 3 heteroatoms. The molecule has 1 aliphatic carbocycles. The summed E-state index contributed by atoms with van der Waals surface area (Å²) in [5.41, 5.74) is 0. The molecule has 0 spiro atoms. The number of hydrogen-bond donors (Lipinski definition) is 0. The van der Waals surface area contributed by atoms with Gasteiger partial charge in [-0.2, -0.15) is 0 Å². The van der Waals surface area contributed by atoms with Crippen molar-refractivity contribution in [3.63, 3.8) is 0 Å². The maximum Gasteiger partial charge on any atom is 0.148 e. The van der Waals surface area contributed by atoms with Gasteiger partial charge in [-0.3, -0.25) is 0 Å². The van der Waals surface area contributed by atoms with Gasteiger partial charge in [0.25, 0.3) is 0 Å². The van der Waals surface area contributed by atoms with Gasteiger partial charge in [0.1, 0.15) is 12.4 Å². The standard InChI is InChI=1S/C18H34O3/c1-2-20-18(16-19)14-8-5-3-4-6-11-15-21-17-12-9-7-10-13-17/h16-18H,2-15H2,1H3. The van der Waals surface area contributed by atoms with Crippen LogP contribution in [0.4, 0.5) is 0 Å². The highest BCUT2D eigenvalue weighted by Gasteiger charge is 2.12. The van der Waals surface area contributed by atoms with Crippen LogP contribution in [0, 0.1) is 0 Å². The molecule has 1 fully saturated rings. The highest BCUT2D eigenvalue weighted by atomic mass is 16.5. The van der Waals surface area contributed by atoms with Gasteiger partial charge in [0.2, 0.25) is 0 Å². The highest BCUT2D eigenvalue weighted by molar-refractivity contribution is 5.55. The van der Waals surface area contributed by atoms with E-state index in [1.54, 1.807) is 0 Å². The second-order valence-corrected chi connectivity index (χ2v) is 6.17. The molecule has 0 aromatic carbocycles. The fraction of sp³-hybridized carbons (Fsp3) is 0.944. The minimum absolute atomic E-state index is 0.182. The number of carbonyl (C=O) groups is 1. The van der Waals surface area contributed by atoms with Gasteiger partial charge in [-0.05, 0) is 32.6 Å². The van der Waals surface area contributed by atoms with E-state index in [4.69, 9.17) is 9.47 Å². The fourth-order valence-corrected chi connectivity index (χ4v) is 3.04. The Morgan fingerprint density at radius 1 is 1.00 bits per heavy atom. The first-order valence-corrected chi connectivity index (χ1v) is 9.05. The van der Waals surface area contributed by atoms with Gasteiger partial charge < -0.3 is 14.3 Å². The second-order valence-electron chi connectivity index (χ2n) is 6.17. The SMILES string of the molecule is CCOC(C=O)CCCCCCCCOC1CCCCC1. The molecule has 0 amide bonds. The largest absolute Gasteiger partial charge is 0.378 e. The topological polar surface area (TPSA) is 35.5 Å². The quantitative estimate of drug-likeness (QED) is 0.366. The van der Waals surface area contributed by atoms with Crippen molar-refractivity contribution in [2.45, 2.75) is 96.2 Å². The van der Waals surface area contributed by atoms with Gasteiger partial charge in [0.05, 0.1) is 6.10 Å². The molecule has 0 N–H and O–H groups in total. The minimum Gasteiger partial charge on any atom is -0.378 e. The second kappa shape index (κ2) is 13.3. The van der Waals surface area contributed by atoms with Crippen LogP contribution in [0.1, 0.15) is 84.0 Å². The van der Waals surface area contributed by atoms with Gasteiger partial charge in [-0.15, -0.1) is 0 Å². The molecular formula is C18H34O3. The average molecular weight is 298 g/mol. The van der Waals surface area contributed by atoms with Gasteiger partial charge >= 0.3 is 0 Å². The van der Waals surface area contributed by atoms with Crippen LogP contribution >= 0.6 is 0 Å². The van der Waals surface area contributed by atoms with Crippen LogP contribution in [-0.2, 0) is 14.3 Å². The molecule has 0 aromatic heterocycles. The maximum absolute atomic E-state index is 10.7. The summed E-state index contributed by atoms with van der Waals surface area (Å²) in [6.45, 7) is 3.51. The predicted molar refractivity (Wildman–Crippen MR) is 86.6 cm³/mol. The van der Waals surface area contributed by atoms with Crippen LogP contribution in [0.5, 0.6) is 0 Å². The Kier molecular flexibility index (Phi) is 11.8. The normalized spacial score (nSPS) is 17.8. The minimum atomic E-state index is -0.182. The summed E-state index contributed by atoms with van der Waals surface area (Å²) in [7, 11) is 0. The van der Waals surface area contributed by atoms with Crippen molar-refractivity contribution < 1.29 is 14.3 Å². The molecule has 0 aromatic rings. The van der Waals surface area contributed by atoms with E-state index in [2.05, 4.69) is 0 Å². The zero-order valence-corrected chi connectivity index (χ0v) is 13.9. The lowest BCUT2D eigenvalue weighted by Crippen LogP contribution is -2.17. The van der Waals surface area contributed by atoms with Crippen molar-refractivity contribution in [3.05, 3.63) is 0 Å². The number of ether oxygens (including phenoxy) is 2. The summed E-state index contributed by atoms with van der Waals surface area (Å²) < 4.78 is 11.3. The van der Waals surface area contributed by atoms with Crippen molar-refractivity contribution in [1.82, 2.24) is 0 Å². The summed E-state index contributed by atoms with van der Waals surface area (Å²) >= 11 is 0. The number of carbonyl (C=O) groups excluding carboxylic acids is 1. The van der Waals surface area contributed by atoms with Crippen molar-refractivity contribution in [2.24, 2.45) is 0 Å². The number of rotatable bonds is 13. The highest BCUT2D eigenvalue weighted by Crippen LogP contribution is 2.20. The van der Waals surface area contributed by atoms with Gasteiger partial charge in [0.15, 0.2) is 0 Å². The van der Waals surface area contributed by atoms with E-state index in [-0.39, 0.29) is 6.10 Å². The number of unbranched alkanes of at least 4 members (excludes halogenated alkanes) is 5. The summed E-state index contributed by atoms with van der Waals surface area (Å²) in [5.74, 6) is 0. The summed E-state index contributed by atoms with van der Waals surface area (Å²) in [4.78, 5) is 10.7. The Bertz CT molecular complexity index is 237. The van der Waals surface area contributed by atoms with E-state index in [1.165, 1.54) is 64.2 Å². The van der Waals surface area contributed by atoms with E-state index in [0.29, 0.717) is 12.7 Å². The first-order valence-electron chi connectivity index (χ1n) is 9.05. The van der Waals surface area contributed by atoms with Crippen LogP contribution in [0.3, 0.4) is 0 Å². The van der Waals surface area contributed by atoms with Crippen molar-refractivity contribution in [1.29, 1.82) is 0 Å². The predicted octanol–water partition coefficient (Wildman–Crippen LogP) is 4.67. The van der Waals surface area contributed by atoms with Crippen LogP contribution in [-0.4, -0.2) is 31.7 Å². The smallest absolute Gasteiger partial charge is 0.148 e. The van der Waals surface area contributed by atoms with Crippen LogP contribution in [0.15, 0.2) is 0 Å². The summed E-state index contributed by atoms with van der Waals surface area (Å²) in [6, 6.07) is 0. The summed E-state index contributed by atoms with van der Waals surface area (Å²) in [6.07, 6.45) is 16.2. The van der Waals surface area contributed by atoms with Crippen molar-refractivity contribution >= 4 is 6.29 Å². The fourth-order valence-electron chi connectivity index (χ4n) is 3.04. The Hall–Kier alpha value is -0.410. The molecular weight excluding hydrogens is 264 g/mol. The third-order valence-corrected chi connectivity index (χ3v) is 4.32. The molecule has 0 bridgehead atoms. The van der Waals surface area contributed by atoms with Gasteiger partial charge in [-0.1, -0.05) is 51.4 Å². The Balaban J connectivity index is 1.80. The molecule has 0 aliphatic heterocycles. The molecule has 1 atom stereocenters. The molecule has 0 heterocycles. The molecule has 1 aliphatic rings. The molecule has 3 nitrogen and oxygen atoms in total. The molecule has 0 saturated heterocycles. The van der Waals surface area contributed by atoms with Gasteiger partial charge in [0, 0.05) is 13.2 Å². The van der Waals surface area contributed by atoms with Crippen molar-refractivity contribution in [3.8, 4) is 0 Å². The Morgan fingerprint density at radius 2 is 1.67 bits per heavy atom. The molecule has 1 unspecified atom stereocenters. The van der Waals surface area contributed by atoms with Crippen LogP contribution in [0.2, 0.25) is 0 Å². The lowest BCUT2D eigenvalue weighted by atomic mass is 9.98.